The number of rotatable bonds is 2. The van der Waals surface area contributed by atoms with Gasteiger partial charge in [-0.1, -0.05) is 35.3 Å². The van der Waals surface area contributed by atoms with Crippen molar-refractivity contribution in [2.24, 2.45) is 0 Å². The number of hydrogen-bond donors (Lipinski definition) is 2. The van der Waals surface area contributed by atoms with Gasteiger partial charge in [-0.15, -0.1) is 0 Å². The number of hydrogen-bond acceptors (Lipinski definition) is 2. The van der Waals surface area contributed by atoms with Crippen LogP contribution < -0.4 is 11.1 Å². The summed E-state index contributed by atoms with van der Waals surface area (Å²) in [6.45, 7) is 1.99. The molecule has 0 aromatic heterocycles. The molecular weight excluding hydrogens is 255 g/mol. The molecule has 2 aromatic rings. The van der Waals surface area contributed by atoms with E-state index in [4.69, 9.17) is 28.9 Å². The minimum atomic E-state index is 0.590. The van der Waals surface area contributed by atoms with E-state index in [1.54, 1.807) is 18.2 Å². The first-order chi connectivity index (χ1) is 8.06. The van der Waals surface area contributed by atoms with Gasteiger partial charge in [0.25, 0.3) is 0 Å². The molecule has 2 nitrogen and oxygen atoms in total. The highest BCUT2D eigenvalue weighted by Gasteiger charge is 2.04. The Morgan fingerprint density at radius 1 is 1.06 bits per heavy atom. The quantitative estimate of drug-likeness (QED) is 0.778. The molecule has 17 heavy (non-hydrogen) atoms. The maximum Gasteiger partial charge on any atom is 0.0647 e. The zero-order valence-corrected chi connectivity index (χ0v) is 10.8. The van der Waals surface area contributed by atoms with Crippen molar-refractivity contribution >= 4 is 40.3 Å². The molecule has 0 saturated heterocycles. The van der Waals surface area contributed by atoms with E-state index in [0.717, 1.165) is 16.9 Å². The summed E-state index contributed by atoms with van der Waals surface area (Å²) in [7, 11) is 0. The Balaban J connectivity index is 2.38. The van der Waals surface area contributed by atoms with Crippen molar-refractivity contribution < 1.29 is 0 Å². The maximum absolute atomic E-state index is 5.94. The molecule has 0 spiro atoms. The fraction of sp³-hybridized carbons (Fsp3) is 0.0769. The smallest absolute Gasteiger partial charge is 0.0647 e. The number of anilines is 3. The molecule has 0 fully saturated rings. The van der Waals surface area contributed by atoms with Crippen LogP contribution >= 0.6 is 23.2 Å². The SMILES string of the molecule is Cc1cccc(N)c1Nc1cc(Cl)cc(Cl)c1. The summed E-state index contributed by atoms with van der Waals surface area (Å²) in [5.41, 5.74) is 9.39. The van der Waals surface area contributed by atoms with Gasteiger partial charge in [0.2, 0.25) is 0 Å². The first-order valence-electron chi connectivity index (χ1n) is 5.14. The molecule has 0 aliphatic heterocycles. The van der Waals surface area contributed by atoms with Gasteiger partial charge in [0.15, 0.2) is 0 Å². The van der Waals surface area contributed by atoms with E-state index < -0.39 is 0 Å². The Labute approximate surface area is 110 Å². The van der Waals surface area contributed by atoms with Crippen LogP contribution in [0.5, 0.6) is 0 Å². The van der Waals surface area contributed by atoms with E-state index in [0.29, 0.717) is 15.7 Å². The van der Waals surface area contributed by atoms with Crippen LogP contribution in [0.2, 0.25) is 10.0 Å². The van der Waals surface area contributed by atoms with Crippen LogP contribution in [-0.2, 0) is 0 Å². The van der Waals surface area contributed by atoms with Crippen LogP contribution in [-0.4, -0.2) is 0 Å². The van der Waals surface area contributed by atoms with Crippen molar-refractivity contribution in [1.29, 1.82) is 0 Å². The third-order valence-corrected chi connectivity index (χ3v) is 2.87. The number of halogens is 2. The van der Waals surface area contributed by atoms with Crippen LogP contribution in [0.15, 0.2) is 36.4 Å². The second-order valence-electron chi connectivity index (χ2n) is 3.82. The van der Waals surface area contributed by atoms with Gasteiger partial charge in [-0.2, -0.15) is 0 Å². The summed E-state index contributed by atoms with van der Waals surface area (Å²) < 4.78 is 0. The van der Waals surface area contributed by atoms with E-state index >= 15 is 0 Å². The highest BCUT2D eigenvalue weighted by molar-refractivity contribution is 6.35. The molecule has 2 aromatic carbocycles. The molecule has 0 heterocycles. The summed E-state index contributed by atoms with van der Waals surface area (Å²) >= 11 is 11.9. The van der Waals surface area contributed by atoms with Crippen LogP contribution in [0.25, 0.3) is 0 Å². The Hall–Kier alpha value is -1.38. The fourth-order valence-corrected chi connectivity index (χ4v) is 2.16. The van der Waals surface area contributed by atoms with Gasteiger partial charge in [0.05, 0.1) is 11.4 Å². The van der Waals surface area contributed by atoms with E-state index in [1.807, 2.05) is 25.1 Å². The first kappa shape index (κ1) is 12.1. The van der Waals surface area contributed by atoms with Gasteiger partial charge >= 0.3 is 0 Å². The van der Waals surface area contributed by atoms with Crippen LogP contribution in [0.3, 0.4) is 0 Å². The average Bonchev–Trinajstić information content (AvgIpc) is 2.22. The first-order valence-corrected chi connectivity index (χ1v) is 5.90. The van der Waals surface area contributed by atoms with Gasteiger partial charge in [-0.05, 0) is 36.8 Å². The van der Waals surface area contributed by atoms with Crippen molar-refractivity contribution in [2.75, 3.05) is 11.1 Å². The van der Waals surface area contributed by atoms with Gasteiger partial charge in [-0.3, -0.25) is 0 Å². The van der Waals surface area contributed by atoms with Crippen molar-refractivity contribution in [3.8, 4) is 0 Å². The zero-order chi connectivity index (χ0) is 12.4. The van der Waals surface area contributed by atoms with Gasteiger partial charge in [0, 0.05) is 15.7 Å². The third-order valence-electron chi connectivity index (χ3n) is 2.44. The Morgan fingerprint density at radius 3 is 2.29 bits per heavy atom. The molecule has 0 radical (unpaired) electrons. The number of para-hydroxylation sites is 1. The number of benzene rings is 2. The van der Waals surface area contributed by atoms with Crippen molar-refractivity contribution in [2.45, 2.75) is 6.92 Å². The fourth-order valence-electron chi connectivity index (χ4n) is 1.63. The molecule has 2 rings (SSSR count). The van der Waals surface area contributed by atoms with E-state index in [9.17, 15) is 0 Å². The van der Waals surface area contributed by atoms with E-state index in [1.165, 1.54) is 0 Å². The number of nitrogen functional groups attached to an aromatic ring is 1. The normalized spacial score (nSPS) is 10.3. The summed E-state index contributed by atoms with van der Waals surface area (Å²) in [5.74, 6) is 0. The van der Waals surface area contributed by atoms with E-state index in [2.05, 4.69) is 5.32 Å². The van der Waals surface area contributed by atoms with Gasteiger partial charge in [-0.25, -0.2) is 0 Å². The summed E-state index contributed by atoms with van der Waals surface area (Å²) in [5, 5.41) is 4.41. The standard InChI is InChI=1S/C13H12Cl2N2/c1-8-3-2-4-12(16)13(8)17-11-6-9(14)5-10(15)7-11/h2-7,17H,16H2,1H3. The third kappa shape index (κ3) is 2.84. The Morgan fingerprint density at radius 2 is 1.71 bits per heavy atom. The minimum absolute atomic E-state index is 0.590. The summed E-state index contributed by atoms with van der Waals surface area (Å²) in [6.07, 6.45) is 0. The monoisotopic (exact) mass is 266 g/mol. The predicted molar refractivity (Wildman–Crippen MR) is 75.3 cm³/mol. The lowest BCUT2D eigenvalue weighted by Crippen LogP contribution is -1.98. The second kappa shape index (κ2) is 4.86. The molecule has 0 aliphatic rings. The Kier molecular flexibility index (Phi) is 3.46. The average molecular weight is 267 g/mol. The molecule has 88 valence electrons. The number of nitrogens with two attached hydrogens (primary N) is 1. The number of aryl methyl sites for hydroxylation is 1. The molecule has 4 heteroatoms. The van der Waals surface area contributed by atoms with Crippen LogP contribution in [0.1, 0.15) is 5.56 Å². The molecule has 3 N–H and O–H groups in total. The highest BCUT2D eigenvalue weighted by Crippen LogP contribution is 2.29. The molecular formula is C13H12Cl2N2. The van der Waals surface area contributed by atoms with Crippen LogP contribution in [0.4, 0.5) is 17.1 Å². The number of nitrogens with one attached hydrogen (secondary N) is 1. The van der Waals surface area contributed by atoms with Gasteiger partial charge < -0.3 is 11.1 Å². The predicted octanol–water partition coefficient (Wildman–Crippen LogP) is 4.63. The summed E-state index contributed by atoms with van der Waals surface area (Å²) in [4.78, 5) is 0. The lowest BCUT2D eigenvalue weighted by Gasteiger charge is -2.12. The summed E-state index contributed by atoms with van der Waals surface area (Å²) in [6, 6.07) is 11.1. The minimum Gasteiger partial charge on any atom is -0.397 e. The van der Waals surface area contributed by atoms with E-state index in [-0.39, 0.29) is 0 Å². The topological polar surface area (TPSA) is 38.0 Å². The maximum atomic E-state index is 5.94. The molecule has 0 unspecified atom stereocenters. The molecule has 0 aliphatic carbocycles. The Bertz CT molecular complexity index is 513. The zero-order valence-electron chi connectivity index (χ0n) is 9.30. The van der Waals surface area contributed by atoms with Crippen molar-refractivity contribution in [1.82, 2.24) is 0 Å². The lowest BCUT2D eigenvalue weighted by molar-refractivity contribution is 1.43. The largest absolute Gasteiger partial charge is 0.397 e. The van der Waals surface area contributed by atoms with Crippen molar-refractivity contribution in [3.63, 3.8) is 0 Å². The van der Waals surface area contributed by atoms with Gasteiger partial charge in [0.1, 0.15) is 0 Å². The second-order valence-corrected chi connectivity index (χ2v) is 4.70. The van der Waals surface area contributed by atoms with Crippen molar-refractivity contribution in [3.05, 3.63) is 52.0 Å². The molecule has 0 bridgehead atoms. The lowest BCUT2D eigenvalue weighted by atomic mass is 10.1. The molecule has 0 atom stereocenters. The molecule has 0 amide bonds. The highest BCUT2D eigenvalue weighted by atomic mass is 35.5. The van der Waals surface area contributed by atoms with Crippen LogP contribution in [0, 0.1) is 6.92 Å². The molecule has 0 saturated carbocycles.